The van der Waals surface area contributed by atoms with Gasteiger partial charge < -0.3 is 9.84 Å². The van der Waals surface area contributed by atoms with Gasteiger partial charge in [-0.3, -0.25) is 0 Å². The van der Waals surface area contributed by atoms with Crippen LogP contribution in [0.15, 0.2) is 60.4 Å². The van der Waals surface area contributed by atoms with Crippen molar-refractivity contribution in [2.24, 2.45) is 0 Å². The SMILES string of the molecule is CCCCOC(=Cc1ccc(-c2ccccc2)cc1)C(=O)O. The summed E-state index contributed by atoms with van der Waals surface area (Å²) < 4.78 is 5.32. The van der Waals surface area contributed by atoms with Gasteiger partial charge in [-0.1, -0.05) is 67.9 Å². The minimum atomic E-state index is -1.04. The summed E-state index contributed by atoms with van der Waals surface area (Å²) in [6.45, 7) is 2.46. The fourth-order valence-electron chi connectivity index (χ4n) is 2.05. The number of rotatable bonds is 7. The zero-order valence-corrected chi connectivity index (χ0v) is 12.7. The first kappa shape index (κ1) is 15.8. The number of hydrogen-bond donors (Lipinski definition) is 1. The van der Waals surface area contributed by atoms with E-state index in [4.69, 9.17) is 4.74 Å². The van der Waals surface area contributed by atoms with Gasteiger partial charge in [0.05, 0.1) is 6.61 Å². The molecule has 2 aromatic rings. The van der Waals surface area contributed by atoms with Crippen molar-refractivity contribution in [3.8, 4) is 11.1 Å². The summed E-state index contributed by atoms with van der Waals surface area (Å²) in [5, 5.41) is 9.17. The first-order valence-electron chi connectivity index (χ1n) is 7.44. The number of carboxylic acids is 1. The topological polar surface area (TPSA) is 46.5 Å². The fourth-order valence-corrected chi connectivity index (χ4v) is 2.05. The molecule has 3 nitrogen and oxygen atoms in total. The van der Waals surface area contributed by atoms with Crippen molar-refractivity contribution >= 4 is 12.0 Å². The highest BCUT2D eigenvalue weighted by Gasteiger charge is 2.08. The Bertz CT molecular complexity index is 627. The highest BCUT2D eigenvalue weighted by Crippen LogP contribution is 2.20. The molecular formula is C19H20O3. The summed E-state index contributed by atoms with van der Waals surface area (Å²) in [6, 6.07) is 17.8. The summed E-state index contributed by atoms with van der Waals surface area (Å²) >= 11 is 0. The summed E-state index contributed by atoms with van der Waals surface area (Å²) in [5.74, 6) is -1.05. The molecule has 0 heterocycles. The first-order chi connectivity index (χ1) is 10.7. The monoisotopic (exact) mass is 296 g/mol. The van der Waals surface area contributed by atoms with Gasteiger partial charge >= 0.3 is 5.97 Å². The van der Waals surface area contributed by atoms with Gasteiger partial charge in [0.1, 0.15) is 0 Å². The molecule has 0 fully saturated rings. The zero-order chi connectivity index (χ0) is 15.8. The van der Waals surface area contributed by atoms with E-state index in [1.807, 2.05) is 61.5 Å². The molecule has 0 saturated carbocycles. The van der Waals surface area contributed by atoms with E-state index in [1.54, 1.807) is 6.08 Å². The molecule has 0 aromatic heterocycles. The number of hydrogen-bond acceptors (Lipinski definition) is 2. The lowest BCUT2D eigenvalue weighted by atomic mass is 10.0. The third-order valence-electron chi connectivity index (χ3n) is 3.28. The molecule has 0 aliphatic rings. The van der Waals surface area contributed by atoms with Crippen LogP contribution in [0, 0.1) is 0 Å². The van der Waals surface area contributed by atoms with E-state index in [2.05, 4.69) is 0 Å². The molecule has 22 heavy (non-hydrogen) atoms. The molecule has 2 aromatic carbocycles. The molecule has 0 aliphatic heterocycles. The smallest absolute Gasteiger partial charge is 0.371 e. The second-order valence-electron chi connectivity index (χ2n) is 5.00. The van der Waals surface area contributed by atoms with Crippen LogP contribution in [0.5, 0.6) is 0 Å². The van der Waals surface area contributed by atoms with Crippen molar-refractivity contribution in [2.45, 2.75) is 19.8 Å². The standard InChI is InChI=1S/C19H20O3/c1-2-3-13-22-18(19(20)21)14-15-9-11-17(12-10-15)16-7-5-4-6-8-16/h4-12,14H,2-3,13H2,1H3,(H,20,21). The van der Waals surface area contributed by atoms with Gasteiger partial charge in [-0.05, 0) is 29.2 Å². The number of aliphatic carboxylic acids is 1. The van der Waals surface area contributed by atoms with Crippen molar-refractivity contribution in [3.05, 3.63) is 65.9 Å². The molecule has 0 bridgehead atoms. The second kappa shape index (κ2) is 8.03. The average molecular weight is 296 g/mol. The van der Waals surface area contributed by atoms with E-state index < -0.39 is 5.97 Å². The molecule has 0 radical (unpaired) electrons. The number of ether oxygens (including phenoxy) is 1. The van der Waals surface area contributed by atoms with Gasteiger partial charge in [-0.15, -0.1) is 0 Å². The summed E-state index contributed by atoms with van der Waals surface area (Å²) in [4.78, 5) is 11.2. The van der Waals surface area contributed by atoms with Crippen LogP contribution in [-0.2, 0) is 9.53 Å². The van der Waals surface area contributed by atoms with Crippen LogP contribution in [0.3, 0.4) is 0 Å². The average Bonchev–Trinajstić information content (AvgIpc) is 2.55. The second-order valence-corrected chi connectivity index (χ2v) is 5.00. The van der Waals surface area contributed by atoms with Gasteiger partial charge in [0.2, 0.25) is 5.76 Å². The van der Waals surface area contributed by atoms with Crippen molar-refractivity contribution in [3.63, 3.8) is 0 Å². The van der Waals surface area contributed by atoms with E-state index in [1.165, 1.54) is 0 Å². The Kier molecular flexibility index (Phi) is 5.78. The van der Waals surface area contributed by atoms with E-state index >= 15 is 0 Å². The van der Waals surface area contributed by atoms with Gasteiger partial charge in [-0.2, -0.15) is 0 Å². The van der Waals surface area contributed by atoms with Crippen LogP contribution >= 0.6 is 0 Å². The number of carboxylic acid groups (broad SMARTS) is 1. The molecular weight excluding hydrogens is 276 g/mol. The maximum Gasteiger partial charge on any atom is 0.371 e. The normalized spacial score (nSPS) is 11.2. The Hall–Kier alpha value is -2.55. The third-order valence-corrected chi connectivity index (χ3v) is 3.28. The summed E-state index contributed by atoms with van der Waals surface area (Å²) in [6.07, 6.45) is 3.38. The van der Waals surface area contributed by atoms with Crippen molar-refractivity contribution in [1.29, 1.82) is 0 Å². The molecule has 1 N–H and O–H groups in total. The quantitative estimate of drug-likeness (QED) is 0.461. The molecule has 0 atom stereocenters. The van der Waals surface area contributed by atoms with Gasteiger partial charge in [0.25, 0.3) is 0 Å². The van der Waals surface area contributed by atoms with Crippen LogP contribution in [-0.4, -0.2) is 17.7 Å². The zero-order valence-electron chi connectivity index (χ0n) is 12.7. The van der Waals surface area contributed by atoms with E-state index in [-0.39, 0.29) is 5.76 Å². The van der Waals surface area contributed by atoms with Crippen LogP contribution in [0.4, 0.5) is 0 Å². The van der Waals surface area contributed by atoms with Crippen LogP contribution in [0.1, 0.15) is 25.3 Å². The fraction of sp³-hybridized carbons (Fsp3) is 0.211. The summed E-state index contributed by atoms with van der Waals surface area (Å²) in [5.41, 5.74) is 3.05. The Morgan fingerprint density at radius 1 is 1.05 bits per heavy atom. The maximum absolute atomic E-state index is 11.2. The Morgan fingerprint density at radius 3 is 2.27 bits per heavy atom. The number of carbonyl (C=O) groups is 1. The van der Waals surface area contributed by atoms with E-state index in [9.17, 15) is 9.90 Å². The molecule has 0 aliphatic carbocycles. The van der Waals surface area contributed by atoms with Crippen LogP contribution < -0.4 is 0 Å². The predicted octanol–water partition coefficient (Wildman–Crippen LogP) is 4.60. The minimum absolute atomic E-state index is 0.0130. The Morgan fingerprint density at radius 2 is 1.68 bits per heavy atom. The Labute approximate surface area is 130 Å². The lowest BCUT2D eigenvalue weighted by Crippen LogP contribution is -2.05. The molecule has 0 spiro atoms. The van der Waals surface area contributed by atoms with E-state index in [0.717, 1.165) is 29.5 Å². The van der Waals surface area contributed by atoms with Crippen molar-refractivity contribution < 1.29 is 14.6 Å². The maximum atomic E-state index is 11.2. The molecule has 0 unspecified atom stereocenters. The largest absolute Gasteiger partial charge is 0.487 e. The molecule has 3 heteroatoms. The van der Waals surface area contributed by atoms with Crippen LogP contribution in [0.2, 0.25) is 0 Å². The highest BCUT2D eigenvalue weighted by atomic mass is 16.5. The molecule has 114 valence electrons. The van der Waals surface area contributed by atoms with Gasteiger partial charge in [0, 0.05) is 0 Å². The lowest BCUT2D eigenvalue weighted by molar-refractivity contribution is -0.136. The molecule has 2 rings (SSSR count). The van der Waals surface area contributed by atoms with Gasteiger partial charge in [0.15, 0.2) is 0 Å². The third kappa shape index (κ3) is 4.48. The van der Waals surface area contributed by atoms with Gasteiger partial charge in [-0.25, -0.2) is 4.79 Å². The van der Waals surface area contributed by atoms with Crippen molar-refractivity contribution in [1.82, 2.24) is 0 Å². The number of benzene rings is 2. The first-order valence-corrected chi connectivity index (χ1v) is 7.44. The molecule has 0 amide bonds. The highest BCUT2D eigenvalue weighted by molar-refractivity contribution is 5.90. The number of unbranched alkanes of at least 4 members (excludes halogenated alkanes) is 1. The minimum Gasteiger partial charge on any atom is -0.487 e. The Balaban J connectivity index is 2.14. The van der Waals surface area contributed by atoms with Crippen molar-refractivity contribution in [2.75, 3.05) is 6.61 Å². The summed E-state index contributed by atoms with van der Waals surface area (Å²) in [7, 11) is 0. The predicted molar refractivity (Wildman–Crippen MR) is 88.4 cm³/mol. The lowest BCUT2D eigenvalue weighted by Gasteiger charge is -2.06. The van der Waals surface area contributed by atoms with E-state index in [0.29, 0.717) is 6.61 Å². The molecule has 0 saturated heterocycles. The van der Waals surface area contributed by atoms with Crippen LogP contribution in [0.25, 0.3) is 17.2 Å².